The minimum absolute atomic E-state index is 0.0723. The maximum atomic E-state index is 14.6. The standard InChI is InChI=1S/C19H24FN3O4/c1-12(24)23-10-19(11-23)8-15(3-5-27-19)22-4-2-13-6-14(18(25)21-26)7-17(20)16(13)9-22/h6-7,15,26H,2-5,8-11H2,1H3,(H,21,25)/t15-/m1/s1. The van der Waals surface area contributed by atoms with Crippen molar-refractivity contribution in [1.29, 1.82) is 0 Å². The lowest BCUT2D eigenvalue weighted by molar-refractivity contribution is -0.189. The molecule has 3 aliphatic heterocycles. The molecule has 2 N–H and O–H groups in total. The van der Waals surface area contributed by atoms with E-state index in [2.05, 4.69) is 4.90 Å². The van der Waals surface area contributed by atoms with E-state index in [1.54, 1.807) is 23.4 Å². The van der Waals surface area contributed by atoms with E-state index < -0.39 is 11.7 Å². The van der Waals surface area contributed by atoms with Crippen molar-refractivity contribution in [2.75, 3.05) is 26.2 Å². The van der Waals surface area contributed by atoms with Crippen LogP contribution in [-0.2, 0) is 22.5 Å². The molecule has 1 aromatic rings. The van der Waals surface area contributed by atoms with E-state index in [0.29, 0.717) is 44.3 Å². The van der Waals surface area contributed by atoms with Gasteiger partial charge in [-0.05, 0) is 37.0 Å². The van der Waals surface area contributed by atoms with Crippen LogP contribution >= 0.6 is 0 Å². The number of carbonyl (C=O) groups excluding carboxylic acids is 2. The van der Waals surface area contributed by atoms with Gasteiger partial charge < -0.3 is 9.64 Å². The predicted molar refractivity (Wildman–Crippen MR) is 93.7 cm³/mol. The van der Waals surface area contributed by atoms with Gasteiger partial charge in [-0.3, -0.25) is 19.7 Å². The molecule has 0 unspecified atom stereocenters. The molecule has 0 bridgehead atoms. The second-order valence-corrected chi connectivity index (χ2v) is 7.81. The highest BCUT2D eigenvalue weighted by molar-refractivity contribution is 5.93. The molecule has 7 nitrogen and oxygen atoms in total. The molecule has 2 fully saturated rings. The number of halogens is 1. The number of ether oxygens (including phenoxy) is 1. The van der Waals surface area contributed by atoms with Crippen LogP contribution in [0.3, 0.4) is 0 Å². The zero-order chi connectivity index (χ0) is 19.2. The second kappa shape index (κ2) is 6.85. The zero-order valence-electron chi connectivity index (χ0n) is 15.3. The van der Waals surface area contributed by atoms with E-state index in [4.69, 9.17) is 9.94 Å². The largest absolute Gasteiger partial charge is 0.371 e. The summed E-state index contributed by atoms with van der Waals surface area (Å²) in [6.07, 6.45) is 2.39. The number of rotatable bonds is 2. The normalized spacial score (nSPS) is 24.3. The van der Waals surface area contributed by atoms with Gasteiger partial charge in [-0.2, -0.15) is 0 Å². The van der Waals surface area contributed by atoms with Crippen LogP contribution in [-0.4, -0.2) is 64.7 Å². The number of nitrogens with zero attached hydrogens (tertiary/aromatic N) is 2. The highest BCUT2D eigenvalue weighted by Gasteiger charge is 2.49. The van der Waals surface area contributed by atoms with Crippen LogP contribution in [0.1, 0.15) is 41.3 Å². The van der Waals surface area contributed by atoms with Gasteiger partial charge in [0, 0.05) is 43.8 Å². The smallest absolute Gasteiger partial charge is 0.274 e. The van der Waals surface area contributed by atoms with E-state index >= 15 is 0 Å². The first-order valence-electron chi connectivity index (χ1n) is 9.30. The Morgan fingerprint density at radius 2 is 2.15 bits per heavy atom. The van der Waals surface area contributed by atoms with Gasteiger partial charge in [0.05, 0.1) is 13.1 Å². The van der Waals surface area contributed by atoms with Gasteiger partial charge in [-0.1, -0.05) is 0 Å². The van der Waals surface area contributed by atoms with Crippen molar-refractivity contribution in [1.82, 2.24) is 15.3 Å². The molecule has 1 aromatic carbocycles. The molecule has 3 heterocycles. The fourth-order valence-corrected chi connectivity index (χ4v) is 4.55. The lowest BCUT2D eigenvalue weighted by Crippen LogP contribution is -2.68. The Hall–Kier alpha value is -2.03. The van der Waals surface area contributed by atoms with Gasteiger partial charge in [-0.25, -0.2) is 9.87 Å². The van der Waals surface area contributed by atoms with E-state index in [9.17, 15) is 14.0 Å². The molecule has 146 valence electrons. The molecule has 8 heteroatoms. The summed E-state index contributed by atoms with van der Waals surface area (Å²) in [5.41, 5.74) is 2.87. The molecule has 0 saturated carbocycles. The summed E-state index contributed by atoms with van der Waals surface area (Å²) in [5.74, 6) is -1.04. The molecule has 1 atom stereocenters. The fraction of sp³-hybridized carbons (Fsp3) is 0.579. The van der Waals surface area contributed by atoms with Crippen molar-refractivity contribution in [3.63, 3.8) is 0 Å². The van der Waals surface area contributed by atoms with Crippen LogP contribution in [0.25, 0.3) is 0 Å². The van der Waals surface area contributed by atoms with E-state index in [-0.39, 0.29) is 17.1 Å². The molecule has 2 amide bonds. The Balaban J connectivity index is 1.47. The first-order valence-corrected chi connectivity index (χ1v) is 9.30. The first kappa shape index (κ1) is 18.3. The Morgan fingerprint density at radius 3 is 2.85 bits per heavy atom. The topological polar surface area (TPSA) is 82.1 Å². The molecular weight excluding hydrogens is 353 g/mol. The van der Waals surface area contributed by atoms with Crippen LogP contribution in [0.15, 0.2) is 12.1 Å². The van der Waals surface area contributed by atoms with Crippen molar-refractivity contribution < 1.29 is 23.9 Å². The molecule has 3 aliphatic rings. The number of amides is 2. The predicted octanol–water partition coefficient (Wildman–Crippen LogP) is 1.08. The summed E-state index contributed by atoms with van der Waals surface area (Å²) in [6.45, 7) is 4.78. The lowest BCUT2D eigenvalue weighted by Gasteiger charge is -2.54. The van der Waals surface area contributed by atoms with Crippen LogP contribution in [0.2, 0.25) is 0 Å². The highest BCUT2D eigenvalue weighted by Crippen LogP contribution is 2.37. The third kappa shape index (κ3) is 3.33. The van der Waals surface area contributed by atoms with Gasteiger partial charge in [-0.15, -0.1) is 0 Å². The average Bonchev–Trinajstić information content (AvgIpc) is 2.65. The SMILES string of the molecule is CC(=O)N1CC2(C[C@H](N3CCc4cc(C(=O)NO)cc(F)c4C3)CCO2)C1. The average molecular weight is 377 g/mol. The van der Waals surface area contributed by atoms with Crippen LogP contribution < -0.4 is 5.48 Å². The van der Waals surface area contributed by atoms with E-state index in [1.165, 1.54) is 6.07 Å². The molecule has 27 heavy (non-hydrogen) atoms. The summed E-state index contributed by atoms with van der Waals surface area (Å²) in [4.78, 5) is 27.1. The summed E-state index contributed by atoms with van der Waals surface area (Å²) in [5, 5.41) is 8.76. The molecule has 4 rings (SSSR count). The molecule has 2 saturated heterocycles. The quantitative estimate of drug-likeness (QED) is 0.596. The first-order chi connectivity index (χ1) is 12.9. The lowest BCUT2D eigenvalue weighted by atomic mass is 9.82. The van der Waals surface area contributed by atoms with Crippen LogP contribution in [0, 0.1) is 5.82 Å². The third-order valence-corrected chi connectivity index (χ3v) is 6.07. The van der Waals surface area contributed by atoms with Gasteiger partial charge in [0.2, 0.25) is 5.91 Å². The summed E-state index contributed by atoms with van der Waals surface area (Å²) < 4.78 is 20.6. The van der Waals surface area contributed by atoms with Crippen molar-refractivity contribution >= 4 is 11.8 Å². The van der Waals surface area contributed by atoms with Crippen LogP contribution in [0.5, 0.6) is 0 Å². The number of fused-ring (bicyclic) bond motifs is 1. The summed E-state index contributed by atoms with van der Waals surface area (Å²) in [6, 6.07) is 3.13. The summed E-state index contributed by atoms with van der Waals surface area (Å²) >= 11 is 0. The number of hydroxylamine groups is 1. The maximum absolute atomic E-state index is 14.6. The number of likely N-dealkylation sites (tertiary alicyclic amines) is 1. The molecular formula is C19H24FN3O4. The van der Waals surface area contributed by atoms with E-state index in [0.717, 1.165) is 24.9 Å². The van der Waals surface area contributed by atoms with Crippen LogP contribution in [0.4, 0.5) is 4.39 Å². The molecule has 1 spiro atoms. The number of hydrogen-bond acceptors (Lipinski definition) is 5. The number of nitrogens with one attached hydrogen (secondary N) is 1. The van der Waals surface area contributed by atoms with Gasteiger partial charge in [0.1, 0.15) is 11.4 Å². The zero-order valence-corrected chi connectivity index (χ0v) is 15.3. The number of carbonyl (C=O) groups is 2. The van der Waals surface area contributed by atoms with E-state index in [1.807, 2.05) is 0 Å². The van der Waals surface area contributed by atoms with Gasteiger partial charge >= 0.3 is 0 Å². The Kier molecular flexibility index (Phi) is 4.65. The molecule has 0 aliphatic carbocycles. The highest BCUT2D eigenvalue weighted by atomic mass is 19.1. The number of hydrogen-bond donors (Lipinski definition) is 2. The minimum atomic E-state index is -0.703. The van der Waals surface area contributed by atoms with Crippen molar-refractivity contribution in [2.24, 2.45) is 0 Å². The van der Waals surface area contributed by atoms with Gasteiger partial charge in [0.25, 0.3) is 5.91 Å². The third-order valence-electron chi connectivity index (χ3n) is 6.07. The minimum Gasteiger partial charge on any atom is -0.371 e. The Morgan fingerprint density at radius 1 is 1.37 bits per heavy atom. The van der Waals surface area contributed by atoms with Crippen molar-refractivity contribution in [3.05, 3.63) is 34.6 Å². The van der Waals surface area contributed by atoms with Crippen molar-refractivity contribution in [3.8, 4) is 0 Å². The fourth-order valence-electron chi connectivity index (χ4n) is 4.55. The monoisotopic (exact) mass is 377 g/mol. The Bertz CT molecular complexity index is 778. The van der Waals surface area contributed by atoms with Crippen molar-refractivity contribution in [2.45, 2.75) is 44.4 Å². The summed E-state index contributed by atoms with van der Waals surface area (Å²) in [7, 11) is 0. The molecule has 0 radical (unpaired) electrons. The second-order valence-electron chi connectivity index (χ2n) is 7.81. The number of benzene rings is 1. The van der Waals surface area contributed by atoms with Gasteiger partial charge in [0.15, 0.2) is 0 Å². The maximum Gasteiger partial charge on any atom is 0.274 e. The Labute approximate surface area is 157 Å². The molecule has 0 aromatic heterocycles.